The Hall–Kier alpha value is -3.55. The highest BCUT2D eigenvalue weighted by molar-refractivity contribution is 6.13. The van der Waals surface area contributed by atoms with E-state index in [0.29, 0.717) is 23.8 Å². The molecule has 3 aromatic rings. The van der Waals surface area contributed by atoms with Gasteiger partial charge in [-0.2, -0.15) is 0 Å². The van der Waals surface area contributed by atoms with Crippen molar-refractivity contribution < 1.29 is 14.4 Å². The summed E-state index contributed by atoms with van der Waals surface area (Å²) in [5.74, 6) is 0.536. The number of aromatic nitrogens is 3. The predicted molar refractivity (Wildman–Crippen MR) is 130 cm³/mol. The third kappa shape index (κ3) is 4.20. The van der Waals surface area contributed by atoms with Crippen LogP contribution in [0.5, 0.6) is 0 Å². The van der Waals surface area contributed by atoms with Gasteiger partial charge in [-0.15, -0.1) is 0 Å². The first-order valence-electron chi connectivity index (χ1n) is 12.0. The second-order valence-corrected chi connectivity index (χ2v) is 9.79. The Labute approximate surface area is 198 Å². The lowest BCUT2D eigenvalue weighted by Gasteiger charge is -2.29. The molecule has 8 nitrogen and oxygen atoms in total. The van der Waals surface area contributed by atoms with Crippen LogP contribution in [0.1, 0.15) is 39.5 Å². The number of benzene rings is 1. The van der Waals surface area contributed by atoms with Gasteiger partial charge in [-0.1, -0.05) is 32.0 Å². The van der Waals surface area contributed by atoms with Gasteiger partial charge in [0.25, 0.3) is 11.8 Å². The summed E-state index contributed by atoms with van der Waals surface area (Å²) in [5.41, 5.74) is 2.53. The Morgan fingerprint density at radius 3 is 2.50 bits per heavy atom. The van der Waals surface area contributed by atoms with Crippen LogP contribution in [0.2, 0.25) is 0 Å². The van der Waals surface area contributed by atoms with Crippen molar-refractivity contribution in [3.8, 4) is 0 Å². The lowest BCUT2D eigenvalue weighted by atomic mass is 9.81. The molecule has 3 amide bonds. The number of rotatable bonds is 6. The van der Waals surface area contributed by atoms with E-state index in [2.05, 4.69) is 28.7 Å². The van der Waals surface area contributed by atoms with E-state index in [1.165, 1.54) is 17.1 Å². The molecule has 0 saturated heterocycles. The third-order valence-electron chi connectivity index (χ3n) is 6.82. The fraction of sp³-hybridized carbons (Fsp3) is 0.423. The topological polar surface area (TPSA) is 97.2 Å². The van der Waals surface area contributed by atoms with Gasteiger partial charge in [0.2, 0.25) is 5.91 Å². The maximum absolute atomic E-state index is 13.2. The molecule has 2 aromatic heterocycles. The summed E-state index contributed by atoms with van der Waals surface area (Å²) >= 11 is 0. The first kappa shape index (κ1) is 22.3. The number of nitrogens with zero attached hydrogens (tertiary/aromatic N) is 4. The van der Waals surface area contributed by atoms with E-state index in [1.807, 2.05) is 30.6 Å². The number of anilines is 1. The normalized spacial score (nSPS) is 20.7. The minimum atomic E-state index is -0.242. The van der Waals surface area contributed by atoms with Crippen molar-refractivity contribution in [1.29, 1.82) is 0 Å². The SMILES string of the molecule is CC(C)Cn1cnc2c(NC(=O)C3CCC(CN4C(=O)C=CC4=O)CC3)nc3ccccc3c21. The molecule has 3 heterocycles. The van der Waals surface area contributed by atoms with Crippen molar-refractivity contribution in [1.82, 2.24) is 19.4 Å². The van der Waals surface area contributed by atoms with Crippen molar-refractivity contribution in [3.05, 3.63) is 42.7 Å². The number of carbonyl (C=O) groups is 3. The number of imide groups is 1. The van der Waals surface area contributed by atoms with Crippen LogP contribution in [0.15, 0.2) is 42.7 Å². The predicted octanol–water partition coefficient (Wildman–Crippen LogP) is 3.91. The number of carbonyl (C=O) groups excluding carboxylic acids is 3. The average molecular weight is 460 g/mol. The zero-order valence-electron chi connectivity index (χ0n) is 19.5. The molecule has 1 fully saturated rings. The van der Waals surface area contributed by atoms with Crippen LogP contribution in [-0.2, 0) is 20.9 Å². The lowest BCUT2D eigenvalue weighted by Crippen LogP contribution is -2.37. The van der Waals surface area contributed by atoms with Crippen molar-refractivity contribution in [3.63, 3.8) is 0 Å². The Bertz CT molecular complexity index is 1280. The molecule has 0 spiro atoms. The van der Waals surface area contributed by atoms with Crippen LogP contribution in [0.25, 0.3) is 21.9 Å². The summed E-state index contributed by atoms with van der Waals surface area (Å²) < 4.78 is 2.14. The maximum Gasteiger partial charge on any atom is 0.253 e. The molecule has 1 aromatic carbocycles. The van der Waals surface area contributed by atoms with Crippen LogP contribution in [0.4, 0.5) is 5.82 Å². The van der Waals surface area contributed by atoms with Gasteiger partial charge in [0.1, 0.15) is 5.52 Å². The molecule has 8 heteroatoms. The number of amides is 3. The van der Waals surface area contributed by atoms with Crippen LogP contribution in [-0.4, -0.2) is 43.7 Å². The van der Waals surface area contributed by atoms with Crippen LogP contribution >= 0.6 is 0 Å². The van der Waals surface area contributed by atoms with Gasteiger partial charge in [-0.05, 0) is 43.6 Å². The fourth-order valence-electron chi connectivity index (χ4n) is 5.10. The van der Waals surface area contributed by atoms with Crippen LogP contribution < -0.4 is 5.32 Å². The standard InChI is InChI=1S/C26H29N5O3/c1-16(2)13-30-15-27-23-24(30)19-5-3-4-6-20(19)28-25(23)29-26(34)18-9-7-17(8-10-18)14-31-21(32)11-12-22(31)33/h3-6,11-12,15-18H,7-10,13-14H2,1-2H3,(H,28,29,34). The van der Waals surface area contributed by atoms with Gasteiger partial charge < -0.3 is 9.88 Å². The Morgan fingerprint density at radius 1 is 1.09 bits per heavy atom. The molecule has 176 valence electrons. The van der Waals surface area contributed by atoms with Gasteiger partial charge >= 0.3 is 0 Å². The Kier molecular flexibility index (Phi) is 5.89. The molecule has 5 rings (SSSR count). The molecule has 0 unspecified atom stereocenters. The highest BCUT2D eigenvalue weighted by Crippen LogP contribution is 2.33. The van der Waals surface area contributed by atoms with E-state index in [4.69, 9.17) is 4.98 Å². The summed E-state index contributed by atoms with van der Waals surface area (Å²) in [5, 5.41) is 4.08. The van der Waals surface area contributed by atoms with Gasteiger partial charge in [0, 0.05) is 36.5 Å². The molecule has 1 aliphatic heterocycles. The van der Waals surface area contributed by atoms with Crippen LogP contribution in [0.3, 0.4) is 0 Å². The number of para-hydroxylation sites is 1. The van der Waals surface area contributed by atoms with Crippen LogP contribution in [0, 0.1) is 17.8 Å². The van der Waals surface area contributed by atoms with Gasteiger partial charge in [0.05, 0.1) is 17.4 Å². The summed E-state index contributed by atoms with van der Waals surface area (Å²) in [6.45, 7) is 5.60. The van der Waals surface area contributed by atoms with E-state index in [1.54, 1.807) is 0 Å². The van der Waals surface area contributed by atoms with Crippen molar-refractivity contribution >= 4 is 45.5 Å². The largest absolute Gasteiger partial charge is 0.330 e. The van der Waals surface area contributed by atoms with E-state index >= 15 is 0 Å². The average Bonchev–Trinajstić information content (AvgIpc) is 3.38. The first-order valence-corrected chi connectivity index (χ1v) is 12.0. The lowest BCUT2D eigenvalue weighted by molar-refractivity contribution is -0.138. The molecule has 2 aliphatic rings. The summed E-state index contributed by atoms with van der Waals surface area (Å²) in [7, 11) is 0. The van der Waals surface area contributed by atoms with Crippen molar-refractivity contribution in [2.75, 3.05) is 11.9 Å². The highest BCUT2D eigenvalue weighted by atomic mass is 16.2. The monoisotopic (exact) mass is 459 g/mol. The minimum Gasteiger partial charge on any atom is -0.330 e. The van der Waals surface area contributed by atoms with Gasteiger partial charge in [0.15, 0.2) is 5.82 Å². The van der Waals surface area contributed by atoms with E-state index in [0.717, 1.165) is 48.6 Å². The van der Waals surface area contributed by atoms with Crippen molar-refractivity contribution in [2.45, 2.75) is 46.1 Å². The quantitative estimate of drug-likeness (QED) is 0.564. The third-order valence-corrected chi connectivity index (χ3v) is 6.82. The Morgan fingerprint density at radius 2 is 1.79 bits per heavy atom. The molecule has 1 aliphatic carbocycles. The number of fused-ring (bicyclic) bond motifs is 3. The molecule has 0 radical (unpaired) electrons. The molecule has 1 N–H and O–H groups in total. The molecule has 1 saturated carbocycles. The number of nitrogens with one attached hydrogen (secondary N) is 1. The van der Waals surface area contributed by atoms with Gasteiger partial charge in [-0.25, -0.2) is 9.97 Å². The number of imidazole rings is 1. The molecule has 0 bridgehead atoms. The molecular formula is C26H29N5O3. The summed E-state index contributed by atoms with van der Waals surface area (Å²) in [4.78, 5) is 47.5. The van der Waals surface area contributed by atoms with Gasteiger partial charge in [-0.3, -0.25) is 19.3 Å². The zero-order valence-corrected chi connectivity index (χ0v) is 19.5. The van der Waals surface area contributed by atoms with E-state index in [-0.39, 0.29) is 29.6 Å². The molecule has 34 heavy (non-hydrogen) atoms. The zero-order chi connectivity index (χ0) is 23.8. The fourth-order valence-corrected chi connectivity index (χ4v) is 5.10. The summed E-state index contributed by atoms with van der Waals surface area (Å²) in [6.07, 6.45) is 7.52. The Balaban J connectivity index is 1.31. The minimum absolute atomic E-state index is 0.0454. The summed E-state index contributed by atoms with van der Waals surface area (Å²) in [6, 6.07) is 7.94. The number of hydrogen-bond acceptors (Lipinski definition) is 5. The van der Waals surface area contributed by atoms with E-state index < -0.39 is 0 Å². The second kappa shape index (κ2) is 9.00. The van der Waals surface area contributed by atoms with Crippen molar-refractivity contribution in [2.24, 2.45) is 17.8 Å². The highest BCUT2D eigenvalue weighted by Gasteiger charge is 2.31. The maximum atomic E-state index is 13.2. The number of pyridine rings is 1. The second-order valence-electron chi connectivity index (χ2n) is 9.79. The van der Waals surface area contributed by atoms with E-state index in [9.17, 15) is 14.4 Å². The molecule has 0 atom stereocenters. The first-order chi connectivity index (χ1) is 16.4. The smallest absolute Gasteiger partial charge is 0.253 e. The molecular weight excluding hydrogens is 430 g/mol. The number of hydrogen-bond donors (Lipinski definition) is 1.